The summed E-state index contributed by atoms with van der Waals surface area (Å²) in [5.74, 6) is 2.67. The summed E-state index contributed by atoms with van der Waals surface area (Å²) in [4.78, 5) is 10.3. The maximum atomic E-state index is 12.1. The van der Waals surface area contributed by atoms with Gasteiger partial charge < -0.3 is 10.2 Å². The molecule has 9 heteroatoms. The van der Waals surface area contributed by atoms with Crippen molar-refractivity contribution in [3.63, 3.8) is 0 Å². The Kier molecular flexibility index (Phi) is 6.22. The number of hydrogen-bond donors (Lipinski definition) is 2. The van der Waals surface area contributed by atoms with Gasteiger partial charge in [0.2, 0.25) is 16.0 Å². The summed E-state index contributed by atoms with van der Waals surface area (Å²) in [7, 11) is -3.53. The Morgan fingerprint density at radius 1 is 1.29 bits per heavy atom. The minimum absolute atomic E-state index is 0.0957. The van der Waals surface area contributed by atoms with Crippen LogP contribution in [0, 0.1) is 0 Å². The fraction of sp³-hybridized carbons (Fsp3) is 0.667. The van der Waals surface area contributed by atoms with E-state index in [1.165, 1.54) is 12.4 Å². The molecule has 0 radical (unpaired) electrons. The molecule has 0 saturated carbocycles. The van der Waals surface area contributed by atoms with Crippen molar-refractivity contribution in [2.45, 2.75) is 11.8 Å². The molecule has 0 aromatic carbocycles. The lowest BCUT2D eigenvalue weighted by Gasteiger charge is -2.25. The molecule has 1 aliphatic rings. The van der Waals surface area contributed by atoms with E-state index >= 15 is 0 Å². The van der Waals surface area contributed by atoms with Gasteiger partial charge in [-0.25, -0.2) is 23.1 Å². The molecule has 1 aromatic rings. The SMILES string of the molecule is CCNc1ncc(S(=O)(=O)NCCN2CCSCC2)cn1. The minimum atomic E-state index is -3.53. The van der Waals surface area contributed by atoms with Gasteiger partial charge in [0.1, 0.15) is 4.90 Å². The Morgan fingerprint density at radius 3 is 2.57 bits per heavy atom. The summed E-state index contributed by atoms with van der Waals surface area (Å²) in [5.41, 5.74) is 0. The first-order chi connectivity index (χ1) is 10.1. The molecule has 0 spiro atoms. The number of sulfonamides is 1. The fourth-order valence-electron chi connectivity index (χ4n) is 1.95. The molecule has 0 atom stereocenters. The highest BCUT2D eigenvalue weighted by Gasteiger charge is 2.16. The third kappa shape index (κ3) is 5.10. The summed E-state index contributed by atoms with van der Waals surface area (Å²) < 4.78 is 26.8. The predicted molar refractivity (Wildman–Crippen MR) is 85.1 cm³/mol. The van der Waals surface area contributed by atoms with E-state index < -0.39 is 10.0 Å². The van der Waals surface area contributed by atoms with Crippen molar-refractivity contribution in [3.8, 4) is 0 Å². The molecular formula is C12H21N5O2S2. The van der Waals surface area contributed by atoms with Crippen LogP contribution in [0.3, 0.4) is 0 Å². The van der Waals surface area contributed by atoms with Gasteiger partial charge in [0, 0.05) is 44.2 Å². The molecule has 7 nitrogen and oxygen atoms in total. The van der Waals surface area contributed by atoms with E-state index in [9.17, 15) is 8.42 Å². The average Bonchev–Trinajstić information content (AvgIpc) is 2.49. The molecule has 1 aromatic heterocycles. The van der Waals surface area contributed by atoms with Gasteiger partial charge in [-0.1, -0.05) is 0 Å². The number of nitrogens with zero attached hydrogens (tertiary/aromatic N) is 3. The highest BCUT2D eigenvalue weighted by atomic mass is 32.2. The third-order valence-corrected chi connectivity index (χ3v) is 5.46. The zero-order valence-corrected chi connectivity index (χ0v) is 13.7. The number of anilines is 1. The van der Waals surface area contributed by atoms with E-state index in [-0.39, 0.29) is 4.90 Å². The van der Waals surface area contributed by atoms with Gasteiger partial charge in [0.05, 0.1) is 12.4 Å². The molecule has 118 valence electrons. The van der Waals surface area contributed by atoms with Crippen molar-refractivity contribution in [2.75, 3.05) is 49.5 Å². The quantitative estimate of drug-likeness (QED) is 0.740. The lowest BCUT2D eigenvalue weighted by atomic mass is 10.5. The first-order valence-corrected chi connectivity index (χ1v) is 9.61. The van der Waals surface area contributed by atoms with E-state index in [1.54, 1.807) is 0 Å². The molecule has 2 N–H and O–H groups in total. The standard InChI is InChI=1S/C12H21N5O2S2/c1-2-13-12-14-9-11(10-15-12)21(18,19)16-3-4-17-5-7-20-8-6-17/h9-10,16H,2-8H2,1H3,(H,13,14,15). The normalized spacial score (nSPS) is 16.8. The number of hydrogen-bond acceptors (Lipinski definition) is 7. The van der Waals surface area contributed by atoms with Crippen LogP contribution in [-0.2, 0) is 10.0 Å². The lowest BCUT2D eigenvalue weighted by molar-refractivity contribution is 0.307. The lowest BCUT2D eigenvalue weighted by Crippen LogP contribution is -2.39. The Balaban J connectivity index is 1.85. The van der Waals surface area contributed by atoms with Crippen LogP contribution in [0.25, 0.3) is 0 Å². The minimum Gasteiger partial charge on any atom is -0.355 e. The largest absolute Gasteiger partial charge is 0.355 e. The summed E-state index contributed by atoms with van der Waals surface area (Å²) in [5, 5.41) is 2.93. The number of aromatic nitrogens is 2. The van der Waals surface area contributed by atoms with Crippen molar-refractivity contribution in [3.05, 3.63) is 12.4 Å². The van der Waals surface area contributed by atoms with Crippen molar-refractivity contribution >= 4 is 27.7 Å². The number of nitrogens with one attached hydrogen (secondary N) is 2. The smallest absolute Gasteiger partial charge is 0.243 e. The van der Waals surface area contributed by atoms with Gasteiger partial charge in [-0.3, -0.25) is 0 Å². The first kappa shape index (κ1) is 16.5. The highest BCUT2D eigenvalue weighted by Crippen LogP contribution is 2.09. The Labute approximate surface area is 130 Å². The Morgan fingerprint density at radius 2 is 1.95 bits per heavy atom. The van der Waals surface area contributed by atoms with Crippen molar-refractivity contribution in [2.24, 2.45) is 0 Å². The predicted octanol–water partition coefficient (Wildman–Crippen LogP) is 0.236. The maximum absolute atomic E-state index is 12.1. The molecule has 1 fully saturated rings. The van der Waals surface area contributed by atoms with Gasteiger partial charge in [-0.2, -0.15) is 11.8 Å². The molecule has 2 rings (SSSR count). The van der Waals surface area contributed by atoms with Crippen molar-refractivity contribution < 1.29 is 8.42 Å². The monoisotopic (exact) mass is 331 g/mol. The van der Waals surface area contributed by atoms with Gasteiger partial charge in [0.25, 0.3) is 0 Å². The maximum Gasteiger partial charge on any atom is 0.243 e. The molecular weight excluding hydrogens is 310 g/mol. The van der Waals surface area contributed by atoms with E-state index in [0.29, 0.717) is 19.0 Å². The van der Waals surface area contributed by atoms with Crippen LogP contribution in [0.15, 0.2) is 17.3 Å². The molecule has 0 amide bonds. The number of rotatable bonds is 7. The third-order valence-electron chi connectivity index (χ3n) is 3.10. The first-order valence-electron chi connectivity index (χ1n) is 6.97. The highest BCUT2D eigenvalue weighted by molar-refractivity contribution is 7.99. The van der Waals surface area contributed by atoms with E-state index in [2.05, 4.69) is 24.9 Å². The molecule has 0 unspecified atom stereocenters. The molecule has 1 aliphatic heterocycles. The van der Waals surface area contributed by atoms with Crippen LogP contribution in [0.1, 0.15) is 6.92 Å². The summed E-state index contributed by atoms with van der Waals surface area (Å²) in [6, 6.07) is 0. The summed E-state index contributed by atoms with van der Waals surface area (Å²) >= 11 is 1.94. The van der Waals surface area contributed by atoms with E-state index in [1.807, 2.05) is 18.7 Å². The summed E-state index contributed by atoms with van der Waals surface area (Å²) in [6.07, 6.45) is 2.65. The molecule has 1 saturated heterocycles. The van der Waals surface area contributed by atoms with Crippen LogP contribution in [0.2, 0.25) is 0 Å². The molecule has 2 heterocycles. The van der Waals surface area contributed by atoms with Crippen LogP contribution < -0.4 is 10.0 Å². The zero-order valence-electron chi connectivity index (χ0n) is 12.1. The van der Waals surface area contributed by atoms with Crippen molar-refractivity contribution in [1.29, 1.82) is 0 Å². The summed E-state index contributed by atoms with van der Waals surface area (Å²) in [6.45, 7) is 5.80. The van der Waals surface area contributed by atoms with Gasteiger partial charge >= 0.3 is 0 Å². The van der Waals surface area contributed by atoms with Crippen LogP contribution in [0.5, 0.6) is 0 Å². The molecule has 0 bridgehead atoms. The number of thioether (sulfide) groups is 1. The zero-order chi connectivity index (χ0) is 15.1. The van der Waals surface area contributed by atoms with Gasteiger partial charge in [0.15, 0.2) is 0 Å². The topological polar surface area (TPSA) is 87.2 Å². The average molecular weight is 331 g/mol. The Bertz CT molecular complexity index is 529. The van der Waals surface area contributed by atoms with Gasteiger partial charge in [-0.05, 0) is 6.92 Å². The van der Waals surface area contributed by atoms with Crippen molar-refractivity contribution in [1.82, 2.24) is 19.6 Å². The second kappa shape index (κ2) is 7.92. The molecule has 0 aliphatic carbocycles. The molecule has 21 heavy (non-hydrogen) atoms. The van der Waals surface area contributed by atoms with Crippen LogP contribution >= 0.6 is 11.8 Å². The second-order valence-corrected chi connectivity index (χ2v) is 7.62. The second-order valence-electron chi connectivity index (χ2n) is 4.62. The van der Waals surface area contributed by atoms with Crippen LogP contribution in [0.4, 0.5) is 5.95 Å². The van der Waals surface area contributed by atoms with Gasteiger partial charge in [-0.15, -0.1) is 0 Å². The Hall–Kier alpha value is -0.900. The van der Waals surface area contributed by atoms with E-state index in [0.717, 1.165) is 31.1 Å². The van der Waals surface area contributed by atoms with Crippen LogP contribution in [-0.4, -0.2) is 67.5 Å². The fourth-order valence-corrected chi connectivity index (χ4v) is 3.84. The van der Waals surface area contributed by atoms with E-state index in [4.69, 9.17) is 0 Å².